The lowest BCUT2D eigenvalue weighted by Gasteiger charge is -2.25. The number of nitrogens with zero attached hydrogens (tertiary/aromatic N) is 2. The third kappa shape index (κ3) is 6.01. The summed E-state index contributed by atoms with van der Waals surface area (Å²) in [7, 11) is -4.10. The molecule has 0 amide bonds. The van der Waals surface area contributed by atoms with Crippen molar-refractivity contribution in [2.75, 3.05) is 18.5 Å². The quantitative estimate of drug-likeness (QED) is 0.350. The number of aliphatic hydroxyl groups is 1. The van der Waals surface area contributed by atoms with Crippen LogP contribution in [0.2, 0.25) is 5.02 Å². The summed E-state index contributed by atoms with van der Waals surface area (Å²) in [4.78, 5) is 22.3. The van der Waals surface area contributed by atoms with Gasteiger partial charge in [0.05, 0.1) is 29.8 Å². The third-order valence-electron chi connectivity index (χ3n) is 6.59. The maximum absolute atomic E-state index is 13.5. The molecule has 3 aromatic rings. The number of halogens is 1. The second-order valence-corrected chi connectivity index (χ2v) is 11.7. The van der Waals surface area contributed by atoms with E-state index in [-0.39, 0.29) is 24.5 Å². The molecule has 10 nitrogen and oxygen atoms in total. The Kier molecular flexibility index (Phi) is 7.59. The summed E-state index contributed by atoms with van der Waals surface area (Å²) in [5.41, 5.74) is 3.36. The first-order chi connectivity index (χ1) is 17.7. The first-order valence-corrected chi connectivity index (χ1v) is 14.4. The molecule has 0 saturated heterocycles. The SMILES string of the molecule is NS(=O)(=O)OC[C@H]1C[C@@H](Nc2ncncc2C(=O)c2cc([C@H]3OCCc4cc(Cl)ccc43)cs2)C[C@@H]1O. The van der Waals surface area contributed by atoms with Gasteiger partial charge in [0, 0.05) is 23.2 Å². The van der Waals surface area contributed by atoms with Crippen LogP contribution in [0.3, 0.4) is 0 Å². The van der Waals surface area contributed by atoms with Gasteiger partial charge in [-0.15, -0.1) is 11.3 Å². The lowest BCUT2D eigenvalue weighted by atomic mass is 9.94. The van der Waals surface area contributed by atoms with Gasteiger partial charge in [-0.2, -0.15) is 8.42 Å². The van der Waals surface area contributed by atoms with Crippen LogP contribution in [0, 0.1) is 5.92 Å². The Labute approximate surface area is 223 Å². The minimum absolute atomic E-state index is 0.218. The van der Waals surface area contributed by atoms with Gasteiger partial charge >= 0.3 is 10.3 Å². The number of aromatic nitrogens is 2. The van der Waals surface area contributed by atoms with E-state index in [1.54, 1.807) is 0 Å². The molecule has 5 rings (SSSR count). The zero-order chi connectivity index (χ0) is 26.2. The molecular weight excluding hydrogens is 540 g/mol. The van der Waals surface area contributed by atoms with Crippen LogP contribution >= 0.6 is 22.9 Å². The average Bonchev–Trinajstić information content (AvgIpc) is 3.48. The maximum Gasteiger partial charge on any atom is 0.333 e. The first-order valence-electron chi connectivity index (χ1n) is 11.6. The number of nitrogens with one attached hydrogen (secondary N) is 1. The van der Waals surface area contributed by atoms with E-state index in [2.05, 4.69) is 19.5 Å². The minimum atomic E-state index is -4.10. The molecule has 2 aromatic heterocycles. The van der Waals surface area contributed by atoms with Crippen LogP contribution in [-0.4, -0.2) is 54.6 Å². The molecule has 0 unspecified atom stereocenters. The smallest absolute Gasteiger partial charge is 0.333 e. The summed E-state index contributed by atoms with van der Waals surface area (Å²) in [5.74, 6) is -0.321. The fraction of sp³-hybridized carbons (Fsp3) is 0.375. The molecule has 1 aliphatic carbocycles. The van der Waals surface area contributed by atoms with Crippen LogP contribution in [0.4, 0.5) is 5.82 Å². The molecule has 1 aliphatic heterocycles. The largest absolute Gasteiger partial charge is 0.393 e. The fourth-order valence-corrected chi connectivity index (χ4v) is 6.26. The molecule has 4 N–H and O–H groups in total. The van der Waals surface area contributed by atoms with Crippen molar-refractivity contribution in [3.05, 3.63) is 74.3 Å². The van der Waals surface area contributed by atoms with Crippen LogP contribution in [-0.2, 0) is 25.6 Å². The molecule has 0 radical (unpaired) electrons. The van der Waals surface area contributed by atoms with Crippen molar-refractivity contribution in [1.82, 2.24) is 9.97 Å². The van der Waals surface area contributed by atoms with Gasteiger partial charge in [0.1, 0.15) is 18.2 Å². The third-order valence-corrected chi connectivity index (χ3v) is 8.24. The van der Waals surface area contributed by atoms with Crippen molar-refractivity contribution in [2.24, 2.45) is 11.1 Å². The predicted molar refractivity (Wildman–Crippen MR) is 138 cm³/mol. The van der Waals surface area contributed by atoms with Crippen LogP contribution in [0.15, 0.2) is 42.2 Å². The zero-order valence-corrected chi connectivity index (χ0v) is 21.9. The Morgan fingerprint density at radius 2 is 2.16 bits per heavy atom. The number of aliphatic hydroxyl groups excluding tert-OH is 1. The van der Waals surface area contributed by atoms with Crippen molar-refractivity contribution in [3.8, 4) is 0 Å². The number of carbonyl (C=O) groups excluding carboxylic acids is 1. The molecule has 13 heteroatoms. The zero-order valence-electron chi connectivity index (χ0n) is 19.5. The van der Waals surface area contributed by atoms with E-state index >= 15 is 0 Å². The maximum atomic E-state index is 13.5. The Morgan fingerprint density at radius 1 is 1.32 bits per heavy atom. The number of ketones is 1. The molecule has 4 atom stereocenters. The normalized spacial score (nSPS) is 23.5. The lowest BCUT2D eigenvalue weighted by Crippen LogP contribution is -2.24. The number of nitrogens with two attached hydrogens (primary N) is 1. The van der Waals surface area contributed by atoms with Crippen molar-refractivity contribution in [2.45, 2.75) is 37.5 Å². The van der Waals surface area contributed by atoms with Crippen molar-refractivity contribution in [3.63, 3.8) is 0 Å². The highest BCUT2D eigenvalue weighted by Gasteiger charge is 2.35. The predicted octanol–water partition coefficient (Wildman–Crippen LogP) is 2.86. The summed E-state index contributed by atoms with van der Waals surface area (Å²) >= 11 is 7.48. The molecule has 196 valence electrons. The molecule has 37 heavy (non-hydrogen) atoms. The Bertz CT molecular complexity index is 1420. The van der Waals surface area contributed by atoms with E-state index in [4.69, 9.17) is 21.5 Å². The van der Waals surface area contributed by atoms with Gasteiger partial charge in [0.25, 0.3) is 0 Å². The summed E-state index contributed by atoms with van der Waals surface area (Å²) in [6, 6.07) is 7.34. The van der Waals surface area contributed by atoms with Gasteiger partial charge in [-0.3, -0.25) is 8.98 Å². The highest BCUT2D eigenvalue weighted by molar-refractivity contribution is 7.84. The molecular formula is C24H25ClN4O6S2. The van der Waals surface area contributed by atoms with E-state index in [1.165, 1.54) is 23.9 Å². The van der Waals surface area contributed by atoms with Gasteiger partial charge in [-0.05, 0) is 59.5 Å². The molecule has 1 fully saturated rings. The van der Waals surface area contributed by atoms with Crippen molar-refractivity contribution in [1.29, 1.82) is 0 Å². The van der Waals surface area contributed by atoms with E-state index in [0.29, 0.717) is 40.7 Å². The summed E-state index contributed by atoms with van der Waals surface area (Å²) in [6.45, 7) is 0.346. The monoisotopic (exact) mass is 564 g/mol. The number of hydrogen-bond acceptors (Lipinski definition) is 10. The second kappa shape index (κ2) is 10.7. The number of ether oxygens (including phenoxy) is 1. The topological polar surface area (TPSA) is 154 Å². The second-order valence-electron chi connectivity index (χ2n) is 9.12. The number of benzene rings is 1. The van der Waals surface area contributed by atoms with Gasteiger partial charge in [0.15, 0.2) is 0 Å². The number of anilines is 1. The van der Waals surface area contributed by atoms with Gasteiger partial charge in [-0.1, -0.05) is 17.7 Å². The van der Waals surface area contributed by atoms with Crippen LogP contribution in [0.1, 0.15) is 50.9 Å². The molecule has 0 spiro atoms. The highest BCUT2D eigenvalue weighted by atomic mass is 35.5. The van der Waals surface area contributed by atoms with Gasteiger partial charge in [0.2, 0.25) is 5.78 Å². The fourth-order valence-electron chi connectivity index (χ4n) is 4.83. The number of rotatable bonds is 8. The van der Waals surface area contributed by atoms with Crippen molar-refractivity contribution < 1.29 is 27.2 Å². The highest BCUT2D eigenvalue weighted by Crippen LogP contribution is 2.37. The van der Waals surface area contributed by atoms with E-state index in [9.17, 15) is 18.3 Å². The Hall–Kier alpha value is -2.45. The average molecular weight is 565 g/mol. The number of hydrogen-bond donors (Lipinski definition) is 3. The van der Waals surface area contributed by atoms with E-state index in [0.717, 1.165) is 23.1 Å². The van der Waals surface area contributed by atoms with Gasteiger partial charge < -0.3 is 15.2 Å². The standard InChI is InChI=1S/C24H25ClN4O6S2/c25-16-1-2-18-13(5-16)3-4-34-23(18)15-7-21(36-11-15)22(31)19-9-27-12-28-24(19)29-17-6-14(20(30)8-17)10-35-37(26,32)33/h1-2,5,7,9,11-12,14,17,20,23,30H,3-4,6,8,10H2,(H2,26,32,33)(H,27,28,29)/t14-,17-,20+,23-/m1/s1. The van der Waals surface area contributed by atoms with E-state index < -0.39 is 22.3 Å². The molecule has 3 heterocycles. The summed E-state index contributed by atoms with van der Waals surface area (Å²) in [5, 5.41) is 21.0. The van der Waals surface area contributed by atoms with Crippen molar-refractivity contribution >= 4 is 44.8 Å². The number of thiophene rings is 1. The Balaban J connectivity index is 1.31. The number of carbonyl (C=O) groups is 1. The molecule has 1 aromatic carbocycles. The Morgan fingerprint density at radius 3 is 2.97 bits per heavy atom. The van der Waals surface area contributed by atoms with Crippen LogP contribution in [0.25, 0.3) is 0 Å². The number of fused-ring (bicyclic) bond motifs is 1. The van der Waals surface area contributed by atoms with Crippen LogP contribution in [0.5, 0.6) is 0 Å². The van der Waals surface area contributed by atoms with Crippen LogP contribution < -0.4 is 10.5 Å². The first kappa shape index (κ1) is 26.2. The van der Waals surface area contributed by atoms with E-state index in [1.807, 2.05) is 29.6 Å². The molecule has 0 bridgehead atoms. The summed E-state index contributed by atoms with van der Waals surface area (Å²) < 4.78 is 32.9. The molecule has 2 aliphatic rings. The minimum Gasteiger partial charge on any atom is -0.393 e. The molecule has 1 saturated carbocycles. The summed E-state index contributed by atoms with van der Waals surface area (Å²) in [6.07, 6.45) is 3.27. The lowest BCUT2D eigenvalue weighted by molar-refractivity contribution is 0.0701. The van der Waals surface area contributed by atoms with Gasteiger partial charge in [-0.25, -0.2) is 15.1 Å².